The number of hydrogen-bond donors (Lipinski definition) is 5. The van der Waals surface area contributed by atoms with E-state index in [9.17, 15) is 19.2 Å². The molecule has 2 unspecified atom stereocenters. The maximum atomic E-state index is 11.9. The molecule has 0 saturated carbocycles. The molecule has 45 heavy (non-hydrogen) atoms. The molecule has 0 aliphatic heterocycles. The Labute approximate surface area is 270 Å². The van der Waals surface area contributed by atoms with Crippen molar-refractivity contribution in [1.29, 1.82) is 0 Å². The first-order valence-corrected chi connectivity index (χ1v) is 15.2. The molecule has 0 heterocycles. The van der Waals surface area contributed by atoms with Crippen LogP contribution < -0.4 is 22.7 Å². The van der Waals surface area contributed by atoms with Gasteiger partial charge in [-0.1, -0.05) is 95.8 Å². The van der Waals surface area contributed by atoms with E-state index >= 15 is 0 Å². The lowest BCUT2D eigenvalue weighted by atomic mass is 9.91. The molecule has 2 amide bonds. The van der Waals surface area contributed by atoms with Crippen LogP contribution >= 0.6 is 0 Å². The molecule has 2 rings (SSSR count). The van der Waals surface area contributed by atoms with Crippen molar-refractivity contribution in [3.8, 4) is 0 Å². The summed E-state index contributed by atoms with van der Waals surface area (Å²) in [5.41, 5.74) is 20.8. The highest BCUT2D eigenvalue weighted by molar-refractivity contribution is 5.76. The van der Waals surface area contributed by atoms with E-state index in [2.05, 4.69) is 19.3 Å². The minimum atomic E-state index is -0.869. The Morgan fingerprint density at radius 2 is 1.09 bits per heavy atom. The van der Waals surface area contributed by atoms with Crippen molar-refractivity contribution in [2.24, 2.45) is 40.9 Å². The largest absolute Gasteiger partial charge is 0.481 e. The number of carbonyl (C=O) groups is 4. The zero-order valence-corrected chi connectivity index (χ0v) is 27.2. The first-order chi connectivity index (χ1) is 20.6. The number of amides is 2. The third-order valence-corrected chi connectivity index (χ3v) is 6.48. The van der Waals surface area contributed by atoms with Gasteiger partial charge >= 0.3 is 11.9 Å². The Morgan fingerprint density at radius 3 is 1.42 bits per heavy atom. The van der Waals surface area contributed by atoms with E-state index < -0.39 is 11.9 Å². The van der Waals surface area contributed by atoms with Crippen molar-refractivity contribution in [2.75, 3.05) is 0 Å². The number of benzene rings is 2. The molecule has 254 valence electrons. The van der Waals surface area contributed by atoms with E-state index in [0.29, 0.717) is 11.8 Å². The van der Waals surface area contributed by atoms with E-state index in [0.717, 1.165) is 18.4 Å². The zero-order chi connectivity index (χ0) is 33.7. The molecule has 4 atom stereocenters. The number of aliphatic carboxylic acids is 1. The minimum absolute atomic E-state index is 0. The van der Waals surface area contributed by atoms with Gasteiger partial charge in [0, 0.05) is 25.3 Å². The van der Waals surface area contributed by atoms with Crippen molar-refractivity contribution in [3.63, 3.8) is 0 Å². The molecule has 0 bridgehead atoms. The van der Waals surface area contributed by atoms with Crippen molar-refractivity contribution >= 4 is 23.8 Å². The third-order valence-electron chi connectivity index (χ3n) is 6.48. The van der Waals surface area contributed by atoms with Gasteiger partial charge in [-0.05, 0) is 61.5 Å². The standard InChI is InChI=1S/C17H26N2O3.C9H17NO3.C8H11N.CH4/c1-12(2)9-14(10-16(18)20)11-17(21)22-19-13(3)15-7-5-4-6-8-15;1-6(2)3-7(4-8(10)11)5-9(12)13;1-7(9)8-5-3-2-4-6-8;/h4-8,12-14,19H,9-11H2,1-3H3,(H2,18,20);6-7H,3-5H2,1-2H3,(H2,10,11)(H,12,13);2-7H,9H2,1H3;1H4/t13?,14-;;7-;/m1.1./s1. The van der Waals surface area contributed by atoms with E-state index in [4.69, 9.17) is 27.1 Å². The fraction of sp³-hybridized carbons (Fsp3) is 0.543. The normalized spacial score (nSPS) is 13.0. The highest BCUT2D eigenvalue weighted by Gasteiger charge is 2.20. The lowest BCUT2D eigenvalue weighted by Gasteiger charge is -2.18. The monoisotopic (exact) mass is 630 g/mol. The van der Waals surface area contributed by atoms with E-state index in [1.165, 1.54) is 5.56 Å². The molecule has 0 spiro atoms. The fourth-order valence-corrected chi connectivity index (χ4v) is 4.62. The molecule has 0 aliphatic carbocycles. The number of hydrogen-bond acceptors (Lipinski definition) is 7. The number of hydroxylamine groups is 1. The molecule has 10 heteroatoms. The topological polar surface area (TPSA) is 188 Å². The number of carboxylic acid groups (broad SMARTS) is 1. The number of rotatable bonds is 16. The predicted molar refractivity (Wildman–Crippen MR) is 180 cm³/mol. The van der Waals surface area contributed by atoms with Crippen LogP contribution in [0.5, 0.6) is 0 Å². The molecule has 0 aromatic heterocycles. The first kappa shape index (κ1) is 43.4. The van der Waals surface area contributed by atoms with Gasteiger partial charge in [0.25, 0.3) is 0 Å². The summed E-state index contributed by atoms with van der Waals surface area (Å²) < 4.78 is 0. The number of carbonyl (C=O) groups excluding carboxylic acids is 3. The van der Waals surface area contributed by atoms with Crippen LogP contribution in [-0.2, 0) is 24.0 Å². The summed E-state index contributed by atoms with van der Waals surface area (Å²) in [7, 11) is 0. The van der Waals surface area contributed by atoms with Crippen molar-refractivity contribution in [1.82, 2.24) is 5.48 Å². The lowest BCUT2D eigenvalue weighted by Crippen LogP contribution is -2.26. The lowest BCUT2D eigenvalue weighted by molar-refractivity contribution is -0.154. The highest BCUT2D eigenvalue weighted by atomic mass is 16.7. The SMILES string of the molecule is C.CC(C)CC(CC(N)=O)CC(=O)O.CC(C)C[C@H](CC(N)=O)CC(=O)ONC(C)c1ccccc1.C[C@@H](N)c1ccccc1. The van der Waals surface area contributed by atoms with Gasteiger partial charge in [0.15, 0.2) is 0 Å². The minimum Gasteiger partial charge on any atom is -0.481 e. The summed E-state index contributed by atoms with van der Waals surface area (Å²) in [6, 6.07) is 19.8. The van der Waals surface area contributed by atoms with Crippen molar-refractivity contribution < 1.29 is 29.1 Å². The second-order valence-electron chi connectivity index (χ2n) is 12.1. The summed E-state index contributed by atoms with van der Waals surface area (Å²) in [6.45, 7) is 12.0. The van der Waals surface area contributed by atoms with Gasteiger partial charge in [0.2, 0.25) is 11.8 Å². The van der Waals surface area contributed by atoms with Gasteiger partial charge in [-0.25, -0.2) is 0 Å². The van der Waals surface area contributed by atoms with E-state index in [1.54, 1.807) is 0 Å². The molecule has 0 aliphatic rings. The van der Waals surface area contributed by atoms with Crippen LogP contribution in [0, 0.1) is 23.7 Å². The van der Waals surface area contributed by atoms with Gasteiger partial charge in [-0.15, -0.1) is 5.48 Å². The molecule has 2 aromatic carbocycles. The number of nitrogens with one attached hydrogen (secondary N) is 1. The van der Waals surface area contributed by atoms with Crippen LogP contribution in [0.3, 0.4) is 0 Å². The maximum Gasteiger partial charge on any atom is 0.325 e. The van der Waals surface area contributed by atoms with Gasteiger partial charge < -0.3 is 27.1 Å². The van der Waals surface area contributed by atoms with Crippen molar-refractivity contribution in [2.45, 2.75) is 99.6 Å². The number of carboxylic acids is 1. The molecule has 0 fully saturated rings. The Bertz CT molecular complexity index is 1080. The molecular weight excluding hydrogens is 572 g/mol. The van der Waals surface area contributed by atoms with Gasteiger partial charge in [-0.3, -0.25) is 19.2 Å². The van der Waals surface area contributed by atoms with Crippen LogP contribution in [0.2, 0.25) is 0 Å². The number of nitrogens with two attached hydrogens (primary N) is 3. The van der Waals surface area contributed by atoms with Crippen LogP contribution in [-0.4, -0.2) is 28.9 Å². The van der Waals surface area contributed by atoms with Crippen LogP contribution in [0.1, 0.15) is 111 Å². The van der Waals surface area contributed by atoms with Gasteiger partial charge in [-0.2, -0.15) is 0 Å². The molecular formula is C35H58N4O6. The molecule has 8 N–H and O–H groups in total. The van der Waals surface area contributed by atoms with Gasteiger partial charge in [0.1, 0.15) is 0 Å². The molecule has 0 saturated heterocycles. The smallest absolute Gasteiger partial charge is 0.325 e. The number of primary amides is 2. The summed E-state index contributed by atoms with van der Waals surface area (Å²) in [5.74, 6) is -1.44. The molecule has 2 aromatic rings. The highest BCUT2D eigenvalue weighted by Crippen LogP contribution is 2.20. The molecule has 0 radical (unpaired) electrons. The third kappa shape index (κ3) is 24.3. The first-order valence-electron chi connectivity index (χ1n) is 15.2. The quantitative estimate of drug-likeness (QED) is 0.138. The average molecular weight is 631 g/mol. The van der Waals surface area contributed by atoms with E-state index in [1.807, 2.05) is 88.4 Å². The van der Waals surface area contributed by atoms with Crippen LogP contribution in [0.25, 0.3) is 0 Å². The second kappa shape index (κ2) is 24.5. The van der Waals surface area contributed by atoms with Crippen LogP contribution in [0.15, 0.2) is 60.7 Å². The summed E-state index contributed by atoms with van der Waals surface area (Å²) in [5, 5.41) is 8.56. The fourth-order valence-electron chi connectivity index (χ4n) is 4.62. The molecule has 10 nitrogen and oxygen atoms in total. The Morgan fingerprint density at radius 1 is 0.689 bits per heavy atom. The average Bonchev–Trinajstić information content (AvgIpc) is 2.91. The maximum absolute atomic E-state index is 11.9. The zero-order valence-electron chi connectivity index (χ0n) is 27.2. The second-order valence-corrected chi connectivity index (χ2v) is 12.1. The van der Waals surface area contributed by atoms with Crippen LogP contribution in [0.4, 0.5) is 0 Å². The van der Waals surface area contributed by atoms with Crippen molar-refractivity contribution in [3.05, 3.63) is 71.8 Å². The summed E-state index contributed by atoms with van der Waals surface area (Å²) in [4.78, 5) is 49.1. The summed E-state index contributed by atoms with van der Waals surface area (Å²) in [6.07, 6.45) is 2.10. The Hall–Kier alpha value is -3.76. The van der Waals surface area contributed by atoms with E-state index in [-0.39, 0.29) is 68.9 Å². The Balaban J connectivity index is 0. The summed E-state index contributed by atoms with van der Waals surface area (Å²) >= 11 is 0. The predicted octanol–water partition coefficient (Wildman–Crippen LogP) is 6.06. The van der Waals surface area contributed by atoms with Gasteiger partial charge in [0.05, 0.1) is 12.5 Å². The Kier molecular flexibility index (Phi) is 23.7.